The van der Waals surface area contributed by atoms with Gasteiger partial charge in [0.15, 0.2) is 26.4 Å². The Kier molecular flexibility index (Phi) is 17.4. The molecule has 12 heteroatoms. The lowest BCUT2D eigenvalue weighted by atomic mass is 9.81. The van der Waals surface area contributed by atoms with Crippen LogP contribution < -0.4 is 18.9 Å². The molecule has 0 saturated heterocycles. The highest BCUT2D eigenvalue weighted by molar-refractivity contribution is 5.74. The average molecular weight is 993 g/mol. The van der Waals surface area contributed by atoms with Gasteiger partial charge in [0.05, 0.1) is 0 Å². The number of carbonyl (C=O) groups excluding carboxylic acids is 4. The smallest absolute Gasteiger partial charge is 0.344 e. The van der Waals surface area contributed by atoms with E-state index in [4.69, 9.17) is 37.9 Å². The van der Waals surface area contributed by atoms with E-state index in [2.05, 4.69) is 65.8 Å². The maximum absolute atomic E-state index is 13.5. The Labute approximate surface area is 428 Å². The van der Waals surface area contributed by atoms with Crippen LogP contribution in [0.15, 0.2) is 60.7 Å². The fourth-order valence-electron chi connectivity index (χ4n) is 8.30. The summed E-state index contributed by atoms with van der Waals surface area (Å²) in [6.45, 7) is 33.1. The molecule has 0 spiro atoms. The Bertz CT molecular complexity index is 2430. The molecule has 4 aromatic rings. The van der Waals surface area contributed by atoms with Gasteiger partial charge >= 0.3 is 23.9 Å². The normalized spacial score (nSPS) is 13.4. The summed E-state index contributed by atoms with van der Waals surface area (Å²) in [5.74, 6) is -0.236. The number of benzene rings is 4. The standard InChI is InChI=1S/C60H80O12/c1-55(2,3)45-29-41-26-39-23-19-21-37(51(39)65-33-47(61)69-57(7,8)9)25-38-22-20-24-40(52(38)66-34-48(62)70-58(10,11)12)27-42-30-46(56(4,5)6)32-44(54(42)68-36-50(64)72-60(16,17)18)28-43(31-45)53(41)67-35-49(63)71-59(13,14)15/h19-24,29-32H,25-28,33-36H2,1-18H3. The minimum atomic E-state index is -0.753. The van der Waals surface area contributed by atoms with Gasteiger partial charge in [-0.05, 0) is 150 Å². The van der Waals surface area contributed by atoms with Crippen LogP contribution >= 0.6 is 0 Å². The molecule has 1 aliphatic carbocycles. The molecule has 0 fully saturated rings. The van der Waals surface area contributed by atoms with Crippen LogP contribution in [0.25, 0.3) is 0 Å². The number of fused-ring (bicyclic) bond motifs is 8. The third-order valence-corrected chi connectivity index (χ3v) is 11.1. The molecule has 0 N–H and O–H groups in total. The first kappa shape index (κ1) is 56.9. The molecule has 0 unspecified atom stereocenters. The van der Waals surface area contributed by atoms with Gasteiger partial charge < -0.3 is 37.9 Å². The molecule has 0 radical (unpaired) electrons. The molecule has 8 bridgehead atoms. The van der Waals surface area contributed by atoms with Crippen molar-refractivity contribution in [1.82, 2.24) is 0 Å². The summed E-state index contributed by atoms with van der Waals surface area (Å²) in [7, 11) is 0. The predicted octanol–water partition coefficient (Wildman–Crippen LogP) is 11.8. The Morgan fingerprint density at radius 1 is 0.333 bits per heavy atom. The van der Waals surface area contributed by atoms with Crippen LogP contribution in [0.1, 0.15) is 180 Å². The molecule has 1 aliphatic rings. The zero-order valence-electron chi connectivity index (χ0n) is 46.3. The fourth-order valence-corrected chi connectivity index (χ4v) is 8.30. The van der Waals surface area contributed by atoms with Gasteiger partial charge in [0.1, 0.15) is 45.4 Å². The molecule has 5 rings (SSSR count). The van der Waals surface area contributed by atoms with Gasteiger partial charge in [0, 0.05) is 25.7 Å². The number of hydrogen-bond acceptors (Lipinski definition) is 12. The van der Waals surface area contributed by atoms with Crippen LogP contribution in [0.2, 0.25) is 0 Å². The van der Waals surface area contributed by atoms with Crippen molar-refractivity contribution >= 4 is 23.9 Å². The van der Waals surface area contributed by atoms with Crippen LogP contribution in [-0.4, -0.2) is 72.7 Å². The second-order valence-electron chi connectivity index (χ2n) is 24.8. The summed E-state index contributed by atoms with van der Waals surface area (Å²) < 4.78 is 49.4. The van der Waals surface area contributed by atoms with Gasteiger partial charge in [-0.2, -0.15) is 0 Å². The highest BCUT2D eigenvalue weighted by Gasteiger charge is 2.29. The SMILES string of the molecule is CC(C)(C)OC(=O)COc1c2cccc1Cc1cc(C(C)(C)C)cc(c1OCC(=O)OC(C)(C)C)Cc1cc(C(C)(C)C)cc(c1OCC(=O)OC(C)(C)C)Cc1cccc(c1OCC(=O)OC(C)(C)C)C2. The average Bonchev–Trinajstić information content (AvgIpc) is 3.18. The van der Waals surface area contributed by atoms with E-state index >= 15 is 0 Å². The van der Waals surface area contributed by atoms with Gasteiger partial charge in [-0.1, -0.05) is 102 Å². The van der Waals surface area contributed by atoms with E-state index in [0.29, 0.717) is 23.0 Å². The molecular weight excluding hydrogens is 913 g/mol. The molecule has 0 saturated carbocycles. The summed E-state index contributed by atoms with van der Waals surface area (Å²) in [4.78, 5) is 53.7. The third kappa shape index (κ3) is 17.0. The van der Waals surface area contributed by atoms with E-state index in [1.807, 2.05) is 77.9 Å². The van der Waals surface area contributed by atoms with E-state index in [0.717, 1.165) is 55.6 Å². The maximum Gasteiger partial charge on any atom is 0.344 e. The fraction of sp³-hybridized carbons (Fsp3) is 0.533. The van der Waals surface area contributed by atoms with Crippen LogP contribution in [0, 0.1) is 0 Å². The quantitative estimate of drug-likeness (QED) is 0.0867. The van der Waals surface area contributed by atoms with Gasteiger partial charge in [0.25, 0.3) is 0 Å². The number of esters is 4. The van der Waals surface area contributed by atoms with Crippen LogP contribution in [-0.2, 0) is 74.6 Å². The largest absolute Gasteiger partial charge is 0.481 e. The molecule has 392 valence electrons. The zero-order valence-corrected chi connectivity index (χ0v) is 46.3. The third-order valence-electron chi connectivity index (χ3n) is 11.1. The highest BCUT2D eigenvalue weighted by Crippen LogP contribution is 2.42. The van der Waals surface area contributed by atoms with Crippen LogP contribution in [0.5, 0.6) is 23.0 Å². The molecule has 0 aliphatic heterocycles. The van der Waals surface area contributed by atoms with Crippen LogP contribution in [0.4, 0.5) is 0 Å². The van der Waals surface area contributed by atoms with Crippen molar-refractivity contribution in [2.24, 2.45) is 0 Å². The molecule has 0 amide bonds. The molecule has 72 heavy (non-hydrogen) atoms. The van der Waals surface area contributed by atoms with Crippen LogP contribution in [0.3, 0.4) is 0 Å². The lowest BCUT2D eigenvalue weighted by Gasteiger charge is -2.28. The van der Waals surface area contributed by atoms with Crippen molar-refractivity contribution in [2.75, 3.05) is 26.4 Å². The molecule has 0 heterocycles. The van der Waals surface area contributed by atoms with E-state index < -0.39 is 46.3 Å². The molecule has 12 nitrogen and oxygen atoms in total. The monoisotopic (exact) mass is 993 g/mol. The van der Waals surface area contributed by atoms with Gasteiger partial charge in [0.2, 0.25) is 0 Å². The predicted molar refractivity (Wildman–Crippen MR) is 280 cm³/mol. The summed E-state index contributed by atoms with van der Waals surface area (Å²) in [6.07, 6.45) is 1.04. The second kappa shape index (κ2) is 22.0. The summed E-state index contributed by atoms with van der Waals surface area (Å²) in [5.41, 5.74) is 4.36. The minimum absolute atomic E-state index is 0.255. The number of carbonyl (C=O) groups is 4. The maximum atomic E-state index is 13.5. The minimum Gasteiger partial charge on any atom is -0.481 e. The van der Waals surface area contributed by atoms with Crippen molar-refractivity contribution in [3.63, 3.8) is 0 Å². The first-order valence-electron chi connectivity index (χ1n) is 25.0. The van der Waals surface area contributed by atoms with Crippen molar-refractivity contribution in [3.05, 3.63) is 116 Å². The lowest BCUT2D eigenvalue weighted by Crippen LogP contribution is -2.28. The molecule has 0 atom stereocenters. The Balaban J connectivity index is 1.89. The number of rotatable bonds is 12. The van der Waals surface area contributed by atoms with E-state index in [9.17, 15) is 19.2 Å². The number of para-hydroxylation sites is 2. The second-order valence-corrected chi connectivity index (χ2v) is 24.8. The van der Waals surface area contributed by atoms with Gasteiger partial charge in [-0.3, -0.25) is 0 Å². The first-order chi connectivity index (χ1) is 33.0. The van der Waals surface area contributed by atoms with E-state index in [1.54, 1.807) is 41.5 Å². The summed E-state index contributed by atoms with van der Waals surface area (Å²) in [5, 5.41) is 0. The topological polar surface area (TPSA) is 142 Å². The van der Waals surface area contributed by atoms with Crippen molar-refractivity contribution < 1.29 is 57.1 Å². The molecular formula is C60H80O12. The van der Waals surface area contributed by atoms with Gasteiger partial charge in [-0.15, -0.1) is 0 Å². The Morgan fingerprint density at radius 3 is 0.736 bits per heavy atom. The van der Waals surface area contributed by atoms with Crippen molar-refractivity contribution in [2.45, 2.75) is 184 Å². The number of ether oxygens (including phenoxy) is 8. The Morgan fingerprint density at radius 2 is 0.528 bits per heavy atom. The zero-order chi connectivity index (χ0) is 53.8. The lowest BCUT2D eigenvalue weighted by molar-refractivity contribution is -0.158. The summed E-state index contributed by atoms with van der Waals surface area (Å²) >= 11 is 0. The Hall–Kier alpha value is -6.04. The van der Waals surface area contributed by atoms with E-state index in [-0.39, 0.29) is 62.9 Å². The van der Waals surface area contributed by atoms with Crippen molar-refractivity contribution in [3.8, 4) is 23.0 Å². The summed E-state index contributed by atoms with van der Waals surface area (Å²) in [6, 6.07) is 20.1. The number of hydrogen-bond donors (Lipinski definition) is 0. The van der Waals surface area contributed by atoms with E-state index in [1.165, 1.54) is 0 Å². The highest BCUT2D eigenvalue weighted by atomic mass is 16.6. The molecule has 4 aromatic carbocycles. The van der Waals surface area contributed by atoms with Gasteiger partial charge in [-0.25, -0.2) is 19.2 Å². The molecule has 0 aromatic heterocycles. The first-order valence-corrected chi connectivity index (χ1v) is 25.0. The van der Waals surface area contributed by atoms with Crippen molar-refractivity contribution in [1.29, 1.82) is 0 Å².